The molecular formula is C11H10F3N3O. The van der Waals surface area contributed by atoms with Crippen molar-refractivity contribution in [3.63, 3.8) is 0 Å². The molecule has 0 amide bonds. The van der Waals surface area contributed by atoms with Crippen LogP contribution in [0.3, 0.4) is 0 Å². The normalized spacial score (nSPS) is 11.6. The van der Waals surface area contributed by atoms with Gasteiger partial charge in [-0.2, -0.15) is 5.10 Å². The van der Waals surface area contributed by atoms with Crippen molar-refractivity contribution < 1.29 is 17.9 Å². The Morgan fingerprint density at radius 3 is 2.28 bits per heavy atom. The van der Waals surface area contributed by atoms with Crippen molar-refractivity contribution in [2.45, 2.75) is 19.4 Å². The zero-order chi connectivity index (χ0) is 13.3. The van der Waals surface area contributed by atoms with E-state index in [0.29, 0.717) is 18.0 Å². The number of ether oxygens (including phenoxy) is 1. The van der Waals surface area contributed by atoms with Gasteiger partial charge in [-0.1, -0.05) is 0 Å². The number of aromatic nitrogens is 3. The van der Waals surface area contributed by atoms with Crippen LogP contribution in [0, 0.1) is 17.5 Å². The Bertz CT molecular complexity index is 532. The lowest BCUT2D eigenvalue weighted by Gasteiger charge is -2.24. The second-order valence-corrected chi connectivity index (χ2v) is 4.15. The van der Waals surface area contributed by atoms with E-state index >= 15 is 0 Å². The van der Waals surface area contributed by atoms with Gasteiger partial charge in [0.1, 0.15) is 12.1 Å². The van der Waals surface area contributed by atoms with Crippen LogP contribution in [0.1, 0.15) is 19.7 Å². The second kappa shape index (κ2) is 4.32. The lowest BCUT2D eigenvalue weighted by Crippen LogP contribution is -2.28. The van der Waals surface area contributed by atoms with Crippen LogP contribution in [0.4, 0.5) is 13.2 Å². The van der Waals surface area contributed by atoms with Crippen molar-refractivity contribution in [2.75, 3.05) is 0 Å². The third kappa shape index (κ3) is 2.29. The SMILES string of the molecule is CC(C)(Oc1c(F)cc(F)cc1F)c1ncn[nH]1. The van der Waals surface area contributed by atoms with Gasteiger partial charge in [-0.15, -0.1) is 0 Å². The molecule has 0 saturated carbocycles. The molecule has 1 heterocycles. The molecule has 2 rings (SSSR count). The number of halogens is 3. The highest BCUT2D eigenvalue weighted by Gasteiger charge is 2.29. The van der Waals surface area contributed by atoms with Crippen LogP contribution >= 0.6 is 0 Å². The number of hydrogen-bond acceptors (Lipinski definition) is 3. The standard InChI is InChI=1S/C11H10F3N3O/c1-11(2,10-15-5-16-17-10)18-9-7(13)3-6(12)4-8(9)14/h3-5H,1-2H3,(H,15,16,17). The highest BCUT2D eigenvalue weighted by Crippen LogP contribution is 2.30. The maximum absolute atomic E-state index is 13.4. The molecule has 7 heteroatoms. The Hall–Kier alpha value is -2.05. The summed E-state index contributed by atoms with van der Waals surface area (Å²) in [5.74, 6) is -3.58. The van der Waals surface area contributed by atoms with Crippen molar-refractivity contribution in [2.24, 2.45) is 0 Å². The third-order valence-electron chi connectivity index (χ3n) is 2.31. The summed E-state index contributed by atoms with van der Waals surface area (Å²) >= 11 is 0. The van der Waals surface area contributed by atoms with Gasteiger partial charge in [0.2, 0.25) is 0 Å². The maximum atomic E-state index is 13.4. The predicted molar refractivity (Wildman–Crippen MR) is 56.4 cm³/mol. The number of benzene rings is 1. The van der Waals surface area contributed by atoms with Gasteiger partial charge in [0, 0.05) is 12.1 Å². The monoisotopic (exact) mass is 257 g/mol. The van der Waals surface area contributed by atoms with E-state index in [-0.39, 0.29) is 0 Å². The van der Waals surface area contributed by atoms with Crippen LogP contribution in [-0.4, -0.2) is 15.2 Å². The molecule has 4 nitrogen and oxygen atoms in total. The van der Waals surface area contributed by atoms with E-state index < -0.39 is 28.8 Å². The van der Waals surface area contributed by atoms with Gasteiger partial charge in [0.15, 0.2) is 28.8 Å². The first-order valence-electron chi connectivity index (χ1n) is 5.09. The second-order valence-electron chi connectivity index (χ2n) is 4.15. The molecule has 1 aromatic carbocycles. The number of nitrogens with zero attached hydrogens (tertiary/aromatic N) is 2. The van der Waals surface area contributed by atoms with Crippen LogP contribution in [0.25, 0.3) is 0 Å². The van der Waals surface area contributed by atoms with Gasteiger partial charge >= 0.3 is 0 Å². The maximum Gasteiger partial charge on any atom is 0.192 e. The molecule has 2 aromatic rings. The summed E-state index contributed by atoms with van der Waals surface area (Å²) in [5, 5.41) is 6.17. The summed E-state index contributed by atoms with van der Waals surface area (Å²) < 4.78 is 44.8. The number of hydrogen-bond donors (Lipinski definition) is 1. The Morgan fingerprint density at radius 2 is 1.78 bits per heavy atom. The van der Waals surface area contributed by atoms with E-state index in [9.17, 15) is 13.2 Å². The van der Waals surface area contributed by atoms with E-state index in [4.69, 9.17) is 4.74 Å². The summed E-state index contributed by atoms with van der Waals surface area (Å²) in [6.07, 6.45) is 1.25. The summed E-state index contributed by atoms with van der Waals surface area (Å²) in [6.45, 7) is 3.10. The Labute approximate surface area is 101 Å². The van der Waals surface area contributed by atoms with E-state index in [1.807, 2.05) is 0 Å². The molecule has 0 spiro atoms. The van der Waals surface area contributed by atoms with E-state index in [1.54, 1.807) is 13.8 Å². The van der Waals surface area contributed by atoms with Crippen molar-refractivity contribution in [3.8, 4) is 5.75 Å². The van der Waals surface area contributed by atoms with Crippen LogP contribution < -0.4 is 4.74 Å². The molecule has 0 aliphatic heterocycles. The topological polar surface area (TPSA) is 50.8 Å². The van der Waals surface area contributed by atoms with Crippen molar-refractivity contribution >= 4 is 0 Å². The van der Waals surface area contributed by atoms with Gasteiger partial charge in [-0.25, -0.2) is 18.2 Å². The molecule has 0 fully saturated rings. The fourth-order valence-electron chi connectivity index (χ4n) is 1.43. The molecule has 0 bridgehead atoms. The number of aromatic amines is 1. The van der Waals surface area contributed by atoms with Gasteiger partial charge in [-0.05, 0) is 13.8 Å². The average Bonchev–Trinajstić information content (AvgIpc) is 2.77. The molecule has 0 aliphatic carbocycles. The zero-order valence-corrected chi connectivity index (χ0v) is 9.67. The van der Waals surface area contributed by atoms with E-state index in [2.05, 4.69) is 15.2 Å². The Morgan fingerprint density at radius 1 is 1.17 bits per heavy atom. The van der Waals surface area contributed by atoms with Crippen molar-refractivity contribution in [3.05, 3.63) is 41.7 Å². The molecule has 0 atom stereocenters. The predicted octanol–water partition coefficient (Wildman–Crippen LogP) is 2.54. The summed E-state index contributed by atoms with van der Waals surface area (Å²) in [4.78, 5) is 3.85. The summed E-state index contributed by atoms with van der Waals surface area (Å²) in [6, 6.07) is 1.10. The lowest BCUT2D eigenvalue weighted by atomic mass is 10.1. The van der Waals surface area contributed by atoms with E-state index in [1.165, 1.54) is 6.33 Å². The largest absolute Gasteiger partial charge is 0.474 e. The van der Waals surface area contributed by atoms with Gasteiger partial charge < -0.3 is 4.74 Å². The van der Waals surface area contributed by atoms with Crippen LogP contribution in [-0.2, 0) is 5.60 Å². The molecule has 0 aliphatic rings. The highest BCUT2D eigenvalue weighted by molar-refractivity contribution is 5.28. The minimum Gasteiger partial charge on any atom is -0.474 e. The molecule has 18 heavy (non-hydrogen) atoms. The fourth-order valence-corrected chi connectivity index (χ4v) is 1.43. The minimum absolute atomic E-state index is 0.297. The number of rotatable bonds is 3. The zero-order valence-electron chi connectivity index (χ0n) is 9.67. The first kappa shape index (κ1) is 12.4. The minimum atomic E-state index is -1.13. The first-order valence-corrected chi connectivity index (χ1v) is 5.09. The highest BCUT2D eigenvalue weighted by atomic mass is 19.1. The van der Waals surface area contributed by atoms with Crippen molar-refractivity contribution in [1.29, 1.82) is 0 Å². The fraction of sp³-hybridized carbons (Fsp3) is 0.273. The van der Waals surface area contributed by atoms with Gasteiger partial charge in [-0.3, -0.25) is 5.10 Å². The smallest absolute Gasteiger partial charge is 0.192 e. The van der Waals surface area contributed by atoms with Gasteiger partial charge in [0.25, 0.3) is 0 Å². The molecule has 0 radical (unpaired) electrons. The molecule has 96 valence electrons. The van der Waals surface area contributed by atoms with Crippen LogP contribution in [0.15, 0.2) is 18.5 Å². The molecule has 1 N–H and O–H groups in total. The number of nitrogens with one attached hydrogen (secondary N) is 1. The molecular weight excluding hydrogens is 247 g/mol. The van der Waals surface area contributed by atoms with Crippen LogP contribution in [0.2, 0.25) is 0 Å². The first-order chi connectivity index (χ1) is 8.40. The summed E-state index contributed by atoms with van der Waals surface area (Å²) in [7, 11) is 0. The van der Waals surface area contributed by atoms with Crippen LogP contribution in [0.5, 0.6) is 5.75 Å². The Balaban J connectivity index is 2.35. The molecule has 0 saturated heterocycles. The quantitative estimate of drug-likeness (QED) is 0.919. The van der Waals surface area contributed by atoms with Crippen molar-refractivity contribution in [1.82, 2.24) is 15.2 Å². The third-order valence-corrected chi connectivity index (χ3v) is 2.31. The Kier molecular flexibility index (Phi) is 2.98. The summed E-state index contributed by atoms with van der Waals surface area (Å²) in [5.41, 5.74) is -1.13. The average molecular weight is 257 g/mol. The lowest BCUT2D eigenvalue weighted by molar-refractivity contribution is 0.0869. The number of H-pyrrole nitrogens is 1. The van der Waals surface area contributed by atoms with E-state index in [0.717, 1.165) is 0 Å². The molecule has 1 aromatic heterocycles. The van der Waals surface area contributed by atoms with Gasteiger partial charge in [0.05, 0.1) is 0 Å². The molecule has 0 unspecified atom stereocenters.